The Kier molecular flexibility index (Phi) is 4.40. The van der Waals surface area contributed by atoms with Crippen LogP contribution >= 0.6 is 0 Å². The molecule has 2 atom stereocenters. The highest BCUT2D eigenvalue weighted by atomic mass is 16.5. The van der Waals surface area contributed by atoms with Crippen LogP contribution in [0.4, 0.5) is 5.69 Å². The number of anilines is 1. The van der Waals surface area contributed by atoms with Gasteiger partial charge in [0.25, 0.3) is 0 Å². The fourth-order valence-corrected chi connectivity index (χ4v) is 2.46. The van der Waals surface area contributed by atoms with Gasteiger partial charge in [0.2, 0.25) is 0 Å². The van der Waals surface area contributed by atoms with Crippen molar-refractivity contribution in [3.63, 3.8) is 0 Å². The molecule has 1 saturated carbocycles. The van der Waals surface area contributed by atoms with Gasteiger partial charge in [-0.15, -0.1) is 0 Å². The SMILES string of the molecule is CCOC(=O)C1CCC(Nc2ccc(C#N)cc2)C1. The fourth-order valence-electron chi connectivity index (χ4n) is 2.46. The summed E-state index contributed by atoms with van der Waals surface area (Å²) in [7, 11) is 0. The lowest BCUT2D eigenvalue weighted by atomic mass is 10.1. The van der Waals surface area contributed by atoms with Gasteiger partial charge in [0, 0.05) is 11.7 Å². The number of carbonyl (C=O) groups excluding carboxylic acids is 1. The third kappa shape index (κ3) is 3.47. The highest BCUT2D eigenvalue weighted by Crippen LogP contribution is 2.29. The van der Waals surface area contributed by atoms with Crippen molar-refractivity contribution in [2.75, 3.05) is 11.9 Å². The van der Waals surface area contributed by atoms with E-state index in [1.807, 2.05) is 19.1 Å². The van der Waals surface area contributed by atoms with Gasteiger partial charge < -0.3 is 10.1 Å². The van der Waals surface area contributed by atoms with E-state index in [-0.39, 0.29) is 11.9 Å². The average molecular weight is 258 g/mol. The second-order valence-corrected chi connectivity index (χ2v) is 4.79. The van der Waals surface area contributed by atoms with Gasteiger partial charge >= 0.3 is 5.97 Å². The molecule has 2 unspecified atom stereocenters. The van der Waals surface area contributed by atoms with Crippen molar-refractivity contribution in [1.29, 1.82) is 5.26 Å². The molecule has 100 valence electrons. The van der Waals surface area contributed by atoms with Gasteiger partial charge in [0.15, 0.2) is 0 Å². The van der Waals surface area contributed by atoms with Crippen molar-refractivity contribution < 1.29 is 9.53 Å². The number of carbonyl (C=O) groups is 1. The number of hydrogen-bond acceptors (Lipinski definition) is 4. The number of benzene rings is 1. The van der Waals surface area contributed by atoms with E-state index in [2.05, 4.69) is 11.4 Å². The normalized spacial score (nSPS) is 21.7. The van der Waals surface area contributed by atoms with E-state index in [0.717, 1.165) is 24.9 Å². The zero-order valence-electron chi connectivity index (χ0n) is 11.1. The van der Waals surface area contributed by atoms with Crippen LogP contribution in [-0.4, -0.2) is 18.6 Å². The first-order valence-electron chi connectivity index (χ1n) is 6.66. The Morgan fingerprint density at radius 2 is 2.16 bits per heavy atom. The van der Waals surface area contributed by atoms with Gasteiger partial charge in [-0.25, -0.2) is 0 Å². The molecule has 2 rings (SSSR count). The number of hydrogen-bond donors (Lipinski definition) is 1. The van der Waals surface area contributed by atoms with Crippen molar-refractivity contribution in [2.24, 2.45) is 5.92 Å². The van der Waals surface area contributed by atoms with Crippen molar-refractivity contribution in [3.8, 4) is 6.07 Å². The maximum Gasteiger partial charge on any atom is 0.308 e. The lowest BCUT2D eigenvalue weighted by Gasteiger charge is -2.14. The van der Waals surface area contributed by atoms with Crippen molar-refractivity contribution in [2.45, 2.75) is 32.2 Å². The second-order valence-electron chi connectivity index (χ2n) is 4.79. The summed E-state index contributed by atoms with van der Waals surface area (Å²) >= 11 is 0. The molecule has 19 heavy (non-hydrogen) atoms. The largest absolute Gasteiger partial charge is 0.466 e. The van der Waals surface area contributed by atoms with E-state index < -0.39 is 0 Å². The molecule has 0 amide bonds. The Balaban J connectivity index is 1.87. The Morgan fingerprint density at radius 1 is 1.42 bits per heavy atom. The molecule has 0 bridgehead atoms. The molecule has 0 aromatic heterocycles. The summed E-state index contributed by atoms with van der Waals surface area (Å²) in [5, 5.41) is 12.1. The van der Waals surface area contributed by atoms with Crippen molar-refractivity contribution in [1.82, 2.24) is 0 Å². The van der Waals surface area contributed by atoms with Crippen LogP contribution < -0.4 is 5.32 Å². The number of ether oxygens (including phenoxy) is 1. The summed E-state index contributed by atoms with van der Waals surface area (Å²) in [6, 6.07) is 9.78. The molecule has 1 fully saturated rings. The van der Waals surface area contributed by atoms with Gasteiger partial charge in [0.05, 0.1) is 24.2 Å². The molecule has 1 N–H and O–H groups in total. The fraction of sp³-hybridized carbons (Fsp3) is 0.467. The molecule has 4 heteroatoms. The molecule has 0 heterocycles. The Bertz CT molecular complexity index is 476. The first-order chi connectivity index (χ1) is 9.22. The van der Waals surface area contributed by atoms with Gasteiger partial charge in [0.1, 0.15) is 0 Å². The Morgan fingerprint density at radius 3 is 2.79 bits per heavy atom. The first-order valence-corrected chi connectivity index (χ1v) is 6.66. The van der Waals surface area contributed by atoms with E-state index in [1.165, 1.54) is 0 Å². The van der Waals surface area contributed by atoms with Crippen LogP contribution in [-0.2, 0) is 9.53 Å². The second kappa shape index (κ2) is 6.24. The molecular formula is C15H18N2O2. The molecule has 0 spiro atoms. The maximum atomic E-state index is 11.6. The number of rotatable bonds is 4. The number of nitrogens with zero attached hydrogens (tertiary/aromatic N) is 1. The van der Waals surface area contributed by atoms with Crippen LogP contribution in [0, 0.1) is 17.2 Å². The van der Waals surface area contributed by atoms with Crippen LogP contribution in [0.5, 0.6) is 0 Å². The average Bonchev–Trinajstić information content (AvgIpc) is 2.88. The quantitative estimate of drug-likeness (QED) is 0.843. The van der Waals surface area contributed by atoms with Crippen LogP contribution in [0.25, 0.3) is 0 Å². The Labute approximate surface area is 113 Å². The minimum absolute atomic E-state index is 0.0239. The Hall–Kier alpha value is -2.02. The third-order valence-electron chi connectivity index (χ3n) is 3.44. The third-order valence-corrected chi connectivity index (χ3v) is 3.44. The minimum atomic E-state index is -0.0772. The molecule has 4 nitrogen and oxygen atoms in total. The molecule has 1 aliphatic carbocycles. The number of nitrogens with one attached hydrogen (secondary N) is 1. The molecule has 0 radical (unpaired) electrons. The predicted molar refractivity (Wildman–Crippen MR) is 72.5 cm³/mol. The van der Waals surface area contributed by atoms with E-state index in [4.69, 9.17) is 10.00 Å². The molecule has 1 aromatic carbocycles. The van der Waals surface area contributed by atoms with Gasteiger partial charge in [-0.3, -0.25) is 4.79 Å². The highest BCUT2D eigenvalue weighted by molar-refractivity contribution is 5.73. The summed E-state index contributed by atoms with van der Waals surface area (Å²) < 4.78 is 5.05. The zero-order valence-corrected chi connectivity index (χ0v) is 11.1. The summed E-state index contributed by atoms with van der Waals surface area (Å²) in [6.45, 7) is 2.28. The summed E-state index contributed by atoms with van der Waals surface area (Å²) in [4.78, 5) is 11.6. The maximum absolute atomic E-state index is 11.6. The van der Waals surface area contributed by atoms with Crippen molar-refractivity contribution >= 4 is 11.7 Å². The lowest BCUT2D eigenvalue weighted by molar-refractivity contribution is -0.147. The van der Waals surface area contributed by atoms with Crippen LogP contribution in [0.2, 0.25) is 0 Å². The van der Waals surface area contributed by atoms with E-state index in [0.29, 0.717) is 18.2 Å². The topological polar surface area (TPSA) is 62.1 Å². The van der Waals surface area contributed by atoms with Gasteiger partial charge in [-0.05, 0) is 50.5 Å². The van der Waals surface area contributed by atoms with Crippen LogP contribution in [0.15, 0.2) is 24.3 Å². The zero-order chi connectivity index (χ0) is 13.7. The van der Waals surface area contributed by atoms with E-state index in [9.17, 15) is 4.79 Å². The standard InChI is InChI=1S/C15H18N2O2/c1-2-19-15(18)12-5-8-14(9-12)17-13-6-3-11(10-16)4-7-13/h3-4,6-7,12,14,17H,2,5,8-9H2,1H3. The predicted octanol–water partition coefficient (Wildman–Crippen LogP) is 2.70. The first kappa shape index (κ1) is 13.4. The smallest absolute Gasteiger partial charge is 0.308 e. The monoisotopic (exact) mass is 258 g/mol. The van der Waals surface area contributed by atoms with Crippen molar-refractivity contribution in [3.05, 3.63) is 29.8 Å². The summed E-state index contributed by atoms with van der Waals surface area (Å²) in [6.07, 6.45) is 2.68. The van der Waals surface area contributed by atoms with E-state index >= 15 is 0 Å². The molecular weight excluding hydrogens is 240 g/mol. The molecule has 0 aliphatic heterocycles. The summed E-state index contributed by atoms with van der Waals surface area (Å²) in [5.41, 5.74) is 1.65. The minimum Gasteiger partial charge on any atom is -0.466 e. The van der Waals surface area contributed by atoms with Crippen LogP contribution in [0.1, 0.15) is 31.7 Å². The van der Waals surface area contributed by atoms with E-state index in [1.54, 1.807) is 12.1 Å². The summed E-state index contributed by atoms with van der Waals surface area (Å²) in [5.74, 6) is -0.0533. The molecule has 1 aliphatic rings. The lowest BCUT2D eigenvalue weighted by Crippen LogP contribution is -2.19. The number of esters is 1. The van der Waals surface area contributed by atoms with Crippen LogP contribution in [0.3, 0.4) is 0 Å². The molecule has 0 saturated heterocycles. The van der Waals surface area contributed by atoms with Gasteiger partial charge in [-0.2, -0.15) is 5.26 Å². The number of nitriles is 1. The van der Waals surface area contributed by atoms with Gasteiger partial charge in [-0.1, -0.05) is 0 Å². The molecule has 1 aromatic rings. The highest BCUT2D eigenvalue weighted by Gasteiger charge is 2.30.